The molecule has 3 heterocycles. The van der Waals surface area contributed by atoms with Crippen molar-refractivity contribution in [2.24, 2.45) is 5.73 Å². The number of carbonyl (C=O) groups is 1. The summed E-state index contributed by atoms with van der Waals surface area (Å²) in [6, 6.07) is 4.68. The van der Waals surface area contributed by atoms with Crippen molar-refractivity contribution in [3.8, 4) is 16.9 Å². The number of aryl methyl sites for hydroxylation is 1. The van der Waals surface area contributed by atoms with Crippen molar-refractivity contribution >= 4 is 39.8 Å². The number of benzene rings is 1. The summed E-state index contributed by atoms with van der Waals surface area (Å²) in [4.78, 5) is 27.2. The molecule has 1 saturated heterocycles. The maximum absolute atomic E-state index is 13.8. The lowest BCUT2D eigenvalue weighted by atomic mass is 10.0. The number of fused-ring (bicyclic) bond motifs is 1. The minimum atomic E-state index is -0.364. The number of amides is 1. The highest BCUT2D eigenvalue weighted by atomic mass is 32.1. The van der Waals surface area contributed by atoms with Crippen molar-refractivity contribution in [2.45, 2.75) is 32.7 Å². The van der Waals surface area contributed by atoms with Gasteiger partial charge in [-0.25, -0.2) is 24.1 Å². The first-order chi connectivity index (χ1) is 17.4. The van der Waals surface area contributed by atoms with Crippen molar-refractivity contribution in [3.63, 3.8) is 0 Å². The third-order valence-electron chi connectivity index (χ3n) is 5.97. The van der Waals surface area contributed by atoms with E-state index in [4.69, 9.17) is 20.2 Å². The van der Waals surface area contributed by atoms with Crippen molar-refractivity contribution in [1.29, 1.82) is 0 Å². The molecule has 4 rings (SSSR count). The van der Waals surface area contributed by atoms with Crippen LogP contribution in [-0.2, 0) is 4.74 Å². The number of piperidine rings is 1. The number of hydrogen-bond donors (Lipinski definition) is 3. The number of anilines is 1. The summed E-state index contributed by atoms with van der Waals surface area (Å²) in [5.74, 6) is 0.464. The van der Waals surface area contributed by atoms with Gasteiger partial charge in [-0.1, -0.05) is 0 Å². The van der Waals surface area contributed by atoms with Crippen LogP contribution in [0.25, 0.3) is 21.3 Å². The zero-order valence-electron chi connectivity index (χ0n) is 20.5. The van der Waals surface area contributed by atoms with Crippen LogP contribution in [0.5, 0.6) is 5.75 Å². The van der Waals surface area contributed by atoms with Crippen molar-refractivity contribution in [2.75, 3.05) is 32.1 Å². The summed E-state index contributed by atoms with van der Waals surface area (Å²) >= 11 is 1.57. The number of methoxy groups -OCH3 is 1. The SMILES string of the molecule is CCOC(=O)N1CCC([NH+]=CC(=CN)Nc2ncc3sc(C)c(-c4ccc(F)cc4OC)c3n2)CC1. The van der Waals surface area contributed by atoms with Crippen LogP contribution in [0.15, 0.2) is 36.3 Å². The van der Waals surface area contributed by atoms with Crippen molar-refractivity contribution < 1.29 is 23.7 Å². The maximum Gasteiger partial charge on any atom is 0.409 e. The number of carbonyl (C=O) groups excluding carboxylic acids is 1. The summed E-state index contributed by atoms with van der Waals surface area (Å²) in [5, 5.41) is 3.15. The van der Waals surface area contributed by atoms with E-state index in [1.54, 1.807) is 41.6 Å². The second-order valence-electron chi connectivity index (χ2n) is 8.30. The first-order valence-electron chi connectivity index (χ1n) is 11.7. The number of nitrogens with zero attached hydrogens (tertiary/aromatic N) is 3. The van der Waals surface area contributed by atoms with E-state index < -0.39 is 0 Å². The third kappa shape index (κ3) is 5.56. The monoisotopic (exact) mass is 513 g/mol. The van der Waals surface area contributed by atoms with Crippen LogP contribution in [0, 0.1) is 12.7 Å². The molecule has 11 heteroatoms. The average molecular weight is 514 g/mol. The Morgan fingerprint density at radius 3 is 2.86 bits per heavy atom. The molecule has 2 aromatic heterocycles. The Kier molecular flexibility index (Phi) is 7.99. The zero-order chi connectivity index (χ0) is 25.7. The van der Waals surface area contributed by atoms with E-state index in [0.717, 1.165) is 39.1 Å². The van der Waals surface area contributed by atoms with E-state index in [2.05, 4.69) is 15.3 Å². The summed E-state index contributed by atoms with van der Waals surface area (Å²) in [5.41, 5.74) is 8.85. The molecule has 36 heavy (non-hydrogen) atoms. The Labute approximate surface area is 212 Å². The van der Waals surface area contributed by atoms with Crippen LogP contribution < -0.4 is 20.8 Å². The molecule has 1 fully saturated rings. The molecule has 4 N–H and O–H groups in total. The molecule has 3 aromatic rings. The number of aromatic nitrogens is 2. The smallest absolute Gasteiger partial charge is 0.409 e. The summed E-state index contributed by atoms with van der Waals surface area (Å²) in [6.07, 6.45) is 6.32. The van der Waals surface area contributed by atoms with Crippen LogP contribution >= 0.6 is 11.3 Å². The lowest BCUT2D eigenvalue weighted by Crippen LogP contribution is -2.78. The van der Waals surface area contributed by atoms with Gasteiger partial charge >= 0.3 is 6.09 Å². The first-order valence-corrected chi connectivity index (χ1v) is 12.5. The van der Waals surface area contributed by atoms with Gasteiger partial charge in [0.05, 0.1) is 30.1 Å². The first kappa shape index (κ1) is 25.4. The van der Waals surface area contributed by atoms with Gasteiger partial charge in [0, 0.05) is 54.2 Å². The number of rotatable bonds is 7. The quantitative estimate of drug-likeness (QED) is 0.416. The Hall–Kier alpha value is -3.73. The predicted octanol–water partition coefficient (Wildman–Crippen LogP) is 2.80. The molecule has 1 aliphatic rings. The molecule has 0 bridgehead atoms. The molecular formula is C25H30FN6O3S+. The van der Waals surface area contributed by atoms with E-state index in [1.165, 1.54) is 25.4 Å². The summed E-state index contributed by atoms with van der Waals surface area (Å²) < 4.78 is 25.2. The summed E-state index contributed by atoms with van der Waals surface area (Å²) in [6.45, 7) is 5.43. The number of likely N-dealkylation sites (tertiary alicyclic amines) is 1. The van der Waals surface area contributed by atoms with Crippen LogP contribution in [0.1, 0.15) is 24.6 Å². The molecule has 1 aromatic carbocycles. The fraction of sp³-hybridized carbons (Fsp3) is 0.360. The second kappa shape index (κ2) is 11.3. The molecule has 9 nitrogen and oxygen atoms in total. The fourth-order valence-electron chi connectivity index (χ4n) is 4.16. The maximum atomic E-state index is 13.8. The number of ether oxygens (including phenoxy) is 2. The molecule has 0 spiro atoms. The topological polar surface area (TPSA) is 117 Å². The molecule has 0 unspecified atom stereocenters. The van der Waals surface area contributed by atoms with Gasteiger partial charge < -0.3 is 25.4 Å². The highest BCUT2D eigenvalue weighted by Gasteiger charge is 2.26. The Balaban J connectivity index is 1.50. The van der Waals surface area contributed by atoms with E-state index in [1.807, 2.05) is 6.92 Å². The van der Waals surface area contributed by atoms with Crippen molar-refractivity contribution in [1.82, 2.24) is 14.9 Å². The fourth-order valence-corrected chi connectivity index (χ4v) is 5.15. The van der Waals surface area contributed by atoms with E-state index in [0.29, 0.717) is 37.1 Å². The van der Waals surface area contributed by atoms with Gasteiger partial charge in [0.2, 0.25) is 5.95 Å². The van der Waals surface area contributed by atoms with Crippen LogP contribution in [0.2, 0.25) is 0 Å². The molecule has 0 radical (unpaired) electrons. The van der Waals surface area contributed by atoms with Gasteiger partial charge in [-0.15, -0.1) is 11.3 Å². The number of thiophene rings is 1. The molecule has 0 atom stereocenters. The third-order valence-corrected chi connectivity index (χ3v) is 7.00. The van der Waals surface area contributed by atoms with E-state index in [-0.39, 0.29) is 18.0 Å². The normalized spacial score (nSPS) is 15.0. The number of nitrogens with one attached hydrogen (secondary N) is 2. The van der Waals surface area contributed by atoms with Gasteiger partial charge in [-0.05, 0) is 26.0 Å². The summed E-state index contributed by atoms with van der Waals surface area (Å²) in [7, 11) is 1.52. The van der Waals surface area contributed by atoms with E-state index >= 15 is 0 Å². The molecular weight excluding hydrogens is 483 g/mol. The molecule has 1 aliphatic heterocycles. The number of hydrogen-bond acceptors (Lipinski definition) is 8. The largest absolute Gasteiger partial charge is 0.496 e. The van der Waals surface area contributed by atoms with Gasteiger partial charge in [0.1, 0.15) is 17.3 Å². The lowest BCUT2D eigenvalue weighted by Gasteiger charge is -2.27. The highest BCUT2D eigenvalue weighted by Crippen LogP contribution is 2.41. The number of halogens is 1. The van der Waals surface area contributed by atoms with Gasteiger partial charge in [0.15, 0.2) is 12.3 Å². The predicted molar refractivity (Wildman–Crippen MR) is 139 cm³/mol. The highest BCUT2D eigenvalue weighted by molar-refractivity contribution is 7.19. The Morgan fingerprint density at radius 2 is 2.17 bits per heavy atom. The number of nitrogens with two attached hydrogens (primary N) is 1. The van der Waals surface area contributed by atoms with Crippen LogP contribution in [0.3, 0.4) is 0 Å². The zero-order valence-corrected chi connectivity index (χ0v) is 21.3. The van der Waals surface area contributed by atoms with Gasteiger partial charge in [-0.3, -0.25) is 0 Å². The van der Waals surface area contributed by atoms with Gasteiger partial charge in [0.25, 0.3) is 0 Å². The van der Waals surface area contributed by atoms with Gasteiger partial charge in [-0.2, -0.15) is 0 Å². The van der Waals surface area contributed by atoms with Crippen molar-refractivity contribution in [3.05, 3.63) is 47.0 Å². The molecule has 1 amide bonds. The average Bonchev–Trinajstić information content (AvgIpc) is 3.21. The standard InChI is InChI=1S/C25H29FN6O3S/c1-4-35-25(33)32-9-7-17(8-10-32)28-13-18(12-27)30-24-29-14-21-23(31-24)22(15(2)36-21)19-6-5-16(26)11-20(19)34-3/h5-6,11-14,17H,4,7-10,27H2,1-3H3,(H,29,30,31)/p+1. The van der Waals surface area contributed by atoms with Crippen LogP contribution in [-0.4, -0.2) is 60.0 Å². The van der Waals surface area contributed by atoms with E-state index in [9.17, 15) is 9.18 Å². The molecule has 0 saturated carbocycles. The molecule has 190 valence electrons. The minimum Gasteiger partial charge on any atom is -0.496 e. The second-order valence-corrected chi connectivity index (χ2v) is 9.56. The minimum absolute atomic E-state index is 0.202. The number of allylic oxidation sites excluding steroid dienone is 1. The molecule has 0 aliphatic carbocycles. The lowest BCUT2D eigenvalue weighted by molar-refractivity contribution is -0.502. The Morgan fingerprint density at radius 1 is 1.39 bits per heavy atom. The van der Waals surface area contributed by atoms with Crippen LogP contribution in [0.4, 0.5) is 15.1 Å². The Bertz CT molecular complexity index is 1300.